The molecule has 0 aliphatic heterocycles. The molecule has 0 saturated carbocycles. The maximum atomic E-state index is 6.00. The quantitative estimate of drug-likeness (QED) is 0.727. The van der Waals surface area contributed by atoms with Gasteiger partial charge in [-0.25, -0.2) is 4.98 Å². The summed E-state index contributed by atoms with van der Waals surface area (Å²) in [6.07, 6.45) is 1.96. The van der Waals surface area contributed by atoms with Gasteiger partial charge in [-0.15, -0.1) is 0 Å². The minimum absolute atomic E-state index is 0.796. The normalized spacial score (nSPS) is 11.2. The number of imidazole rings is 1. The largest absolute Gasteiger partial charge is 0.397 e. The van der Waals surface area contributed by atoms with Crippen LogP contribution in [0.2, 0.25) is 0 Å². The molecule has 2 heterocycles. The van der Waals surface area contributed by atoms with E-state index < -0.39 is 0 Å². The van der Waals surface area contributed by atoms with Crippen LogP contribution in [0.3, 0.4) is 0 Å². The molecule has 0 aliphatic carbocycles. The van der Waals surface area contributed by atoms with Crippen molar-refractivity contribution in [2.45, 2.75) is 27.7 Å². The molecule has 3 heteroatoms. The smallest absolute Gasteiger partial charge is 0.138 e. The number of aryl methyl sites for hydroxylation is 4. The molecule has 0 unspecified atom stereocenters. The third-order valence-corrected chi connectivity index (χ3v) is 4.03. The van der Waals surface area contributed by atoms with Gasteiger partial charge in [0, 0.05) is 17.5 Å². The Morgan fingerprint density at radius 3 is 2.40 bits per heavy atom. The number of pyridine rings is 1. The molecule has 0 saturated heterocycles. The minimum Gasteiger partial charge on any atom is -0.397 e. The summed E-state index contributed by atoms with van der Waals surface area (Å²) in [5, 5.41) is 0. The van der Waals surface area contributed by atoms with E-state index in [2.05, 4.69) is 43.4 Å². The first-order valence-electron chi connectivity index (χ1n) is 6.80. The molecular formula is C17H19N3. The van der Waals surface area contributed by atoms with Crippen LogP contribution in [-0.2, 0) is 0 Å². The number of fused-ring (bicyclic) bond motifs is 1. The molecule has 2 N–H and O–H groups in total. The number of anilines is 1. The Kier molecular flexibility index (Phi) is 2.78. The van der Waals surface area contributed by atoms with Gasteiger partial charge in [-0.05, 0) is 56.5 Å². The van der Waals surface area contributed by atoms with Gasteiger partial charge in [-0.3, -0.25) is 0 Å². The molecule has 3 aromatic rings. The van der Waals surface area contributed by atoms with Crippen molar-refractivity contribution in [3.63, 3.8) is 0 Å². The highest BCUT2D eigenvalue weighted by atomic mass is 15.0. The molecule has 0 fully saturated rings. The SMILES string of the molecule is Cc1ccc(-c2nc3cc(C)c(N)cn3c2C)cc1C. The minimum atomic E-state index is 0.796. The Morgan fingerprint density at radius 1 is 0.950 bits per heavy atom. The molecule has 0 aliphatic rings. The van der Waals surface area contributed by atoms with Gasteiger partial charge in [-0.1, -0.05) is 12.1 Å². The van der Waals surface area contributed by atoms with E-state index in [1.54, 1.807) is 0 Å². The van der Waals surface area contributed by atoms with Gasteiger partial charge in [0.25, 0.3) is 0 Å². The molecule has 0 atom stereocenters. The molecule has 20 heavy (non-hydrogen) atoms. The van der Waals surface area contributed by atoms with Gasteiger partial charge < -0.3 is 10.1 Å². The average Bonchev–Trinajstić information content (AvgIpc) is 2.71. The summed E-state index contributed by atoms with van der Waals surface area (Å²) in [5.41, 5.74) is 14.7. The highest BCUT2D eigenvalue weighted by Crippen LogP contribution is 2.27. The highest BCUT2D eigenvalue weighted by Gasteiger charge is 2.12. The summed E-state index contributed by atoms with van der Waals surface area (Å²) >= 11 is 0. The summed E-state index contributed by atoms with van der Waals surface area (Å²) in [6, 6.07) is 8.51. The van der Waals surface area contributed by atoms with Crippen molar-refractivity contribution in [2.24, 2.45) is 0 Å². The van der Waals surface area contributed by atoms with E-state index in [9.17, 15) is 0 Å². The lowest BCUT2D eigenvalue weighted by atomic mass is 10.0. The second-order valence-electron chi connectivity index (χ2n) is 5.48. The Balaban J connectivity index is 2.26. The summed E-state index contributed by atoms with van der Waals surface area (Å²) in [7, 11) is 0. The second kappa shape index (κ2) is 4.37. The number of nitrogens with two attached hydrogens (primary N) is 1. The summed E-state index contributed by atoms with van der Waals surface area (Å²) in [5.74, 6) is 0. The maximum absolute atomic E-state index is 6.00. The van der Waals surface area contributed by atoms with Crippen LogP contribution in [0.15, 0.2) is 30.5 Å². The Bertz CT molecular complexity index is 813. The lowest BCUT2D eigenvalue weighted by Crippen LogP contribution is -1.95. The lowest BCUT2D eigenvalue weighted by Gasteiger charge is -2.04. The number of nitrogens with zero attached hydrogens (tertiary/aromatic N) is 2. The molecule has 0 spiro atoms. The van der Waals surface area contributed by atoms with Crippen LogP contribution in [0, 0.1) is 27.7 Å². The van der Waals surface area contributed by atoms with Crippen LogP contribution in [0.4, 0.5) is 5.69 Å². The maximum Gasteiger partial charge on any atom is 0.138 e. The third-order valence-electron chi connectivity index (χ3n) is 4.03. The Hall–Kier alpha value is -2.29. The first-order valence-corrected chi connectivity index (χ1v) is 6.80. The number of benzene rings is 1. The molecule has 0 amide bonds. The molecule has 3 nitrogen and oxygen atoms in total. The Labute approximate surface area is 119 Å². The van der Waals surface area contributed by atoms with Gasteiger partial charge in [0.15, 0.2) is 0 Å². The number of hydrogen-bond donors (Lipinski definition) is 1. The third kappa shape index (κ3) is 1.86. The van der Waals surface area contributed by atoms with Crippen molar-refractivity contribution in [3.05, 3.63) is 52.8 Å². The summed E-state index contributed by atoms with van der Waals surface area (Å²) < 4.78 is 2.06. The number of hydrogen-bond acceptors (Lipinski definition) is 2. The first-order chi connectivity index (χ1) is 9.47. The van der Waals surface area contributed by atoms with Crippen molar-refractivity contribution >= 4 is 11.3 Å². The van der Waals surface area contributed by atoms with Crippen molar-refractivity contribution < 1.29 is 0 Å². The van der Waals surface area contributed by atoms with E-state index >= 15 is 0 Å². The van der Waals surface area contributed by atoms with Crippen LogP contribution >= 0.6 is 0 Å². The van der Waals surface area contributed by atoms with Crippen LogP contribution in [0.25, 0.3) is 16.9 Å². The van der Waals surface area contributed by atoms with Crippen molar-refractivity contribution in [1.29, 1.82) is 0 Å². The summed E-state index contributed by atoms with van der Waals surface area (Å²) in [4.78, 5) is 4.76. The van der Waals surface area contributed by atoms with Crippen LogP contribution in [0.5, 0.6) is 0 Å². The fourth-order valence-electron chi connectivity index (χ4n) is 2.48. The van der Waals surface area contributed by atoms with Gasteiger partial charge in [0.1, 0.15) is 5.65 Å². The van der Waals surface area contributed by atoms with Crippen LogP contribution in [0.1, 0.15) is 22.4 Å². The fourth-order valence-corrected chi connectivity index (χ4v) is 2.48. The molecule has 3 rings (SSSR count). The average molecular weight is 265 g/mol. The van der Waals surface area contributed by atoms with Crippen LogP contribution in [-0.4, -0.2) is 9.38 Å². The molecule has 0 radical (unpaired) electrons. The van der Waals surface area contributed by atoms with Crippen molar-refractivity contribution in [3.8, 4) is 11.3 Å². The monoisotopic (exact) mass is 265 g/mol. The topological polar surface area (TPSA) is 43.3 Å². The molecule has 102 valence electrons. The first kappa shape index (κ1) is 12.7. The van der Waals surface area contributed by atoms with E-state index in [-0.39, 0.29) is 0 Å². The second-order valence-corrected chi connectivity index (χ2v) is 5.48. The lowest BCUT2D eigenvalue weighted by molar-refractivity contribution is 1.11. The zero-order valence-corrected chi connectivity index (χ0v) is 12.4. The highest BCUT2D eigenvalue weighted by molar-refractivity contribution is 5.69. The molecule has 0 bridgehead atoms. The zero-order chi connectivity index (χ0) is 14.4. The van der Waals surface area contributed by atoms with E-state index in [1.165, 1.54) is 11.1 Å². The number of aromatic nitrogens is 2. The van der Waals surface area contributed by atoms with Gasteiger partial charge in [-0.2, -0.15) is 0 Å². The van der Waals surface area contributed by atoms with Gasteiger partial charge in [0.2, 0.25) is 0 Å². The van der Waals surface area contributed by atoms with Crippen molar-refractivity contribution in [1.82, 2.24) is 9.38 Å². The Morgan fingerprint density at radius 2 is 1.70 bits per heavy atom. The van der Waals surface area contributed by atoms with E-state index in [0.29, 0.717) is 0 Å². The fraction of sp³-hybridized carbons (Fsp3) is 0.235. The van der Waals surface area contributed by atoms with E-state index in [1.807, 2.05) is 19.2 Å². The summed E-state index contributed by atoms with van der Waals surface area (Å²) in [6.45, 7) is 8.35. The van der Waals surface area contributed by atoms with Gasteiger partial charge in [0.05, 0.1) is 11.4 Å². The molecule has 2 aromatic heterocycles. The number of rotatable bonds is 1. The number of nitrogen functional groups attached to an aromatic ring is 1. The van der Waals surface area contributed by atoms with E-state index in [0.717, 1.165) is 33.8 Å². The molecular weight excluding hydrogens is 246 g/mol. The van der Waals surface area contributed by atoms with Gasteiger partial charge >= 0.3 is 0 Å². The standard InChI is InChI=1S/C17H19N3/c1-10-5-6-14(7-11(10)2)17-13(4)20-9-15(18)12(3)8-16(20)19-17/h5-9H,18H2,1-4H3. The van der Waals surface area contributed by atoms with Crippen LogP contribution < -0.4 is 5.73 Å². The predicted octanol–water partition coefficient (Wildman–Crippen LogP) is 3.82. The van der Waals surface area contributed by atoms with E-state index in [4.69, 9.17) is 10.7 Å². The zero-order valence-electron chi connectivity index (χ0n) is 12.4. The molecule has 1 aromatic carbocycles. The predicted molar refractivity (Wildman–Crippen MR) is 84.0 cm³/mol. The van der Waals surface area contributed by atoms with Crippen molar-refractivity contribution in [2.75, 3.05) is 5.73 Å².